The molecule has 2 aromatic carbocycles. The molecule has 1 saturated heterocycles. The summed E-state index contributed by atoms with van der Waals surface area (Å²) in [5.74, 6) is 0.140. The molecule has 34 heavy (non-hydrogen) atoms. The first kappa shape index (κ1) is 26.7. The molecular weight excluding hydrogens is 494 g/mol. The van der Waals surface area contributed by atoms with E-state index in [2.05, 4.69) is 26.1 Å². The number of benzene rings is 2. The van der Waals surface area contributed by atoms with Crippen LogP contribution in [0.2, 0.25) is 0 Å². The molecule has 0 aliphatic carbocycles. The van der Waals surface area contributed by atoms with E-state index in [9.17, 15) is 21.6 Å². The third-order valence-corrected chi connectivity index (χ3v) is 10.3. The summed E-state index contributed by atoms with van der Waals surface area (Å²) in [6.07, 6.45) is 0. The maximum Gasteiger partial charge on any atom is 0.243 e. The van der Waals surface area contributed by atoms with Gasteiger partial charge in [-0.2, -0.15) is 20.4 Å². The average Bonchev–Trinajstić information content (AvgIpc) is 2.82. The maximum absolute atomic E-state index is 13.4. The van der Waals surface area contributed by atoms with E-state index in [-0.39, 0.29) is 34.2 Å². The van der Waals surface area contributed by atoms with Crippen molar-refractivity contribution in [2.24, 2.45) is 0 Å². The Labute approximate surface area is 206 Å². The molecule has 1 N–H and O–H groups in total. The van der Waals surface area contributed by atoms with E-state index in [0.29, 0.717) is 12.3 Å². The lowest BCUT2D eigenvalue weighted by Gasteiger charge is -2.39. The Balaban J connectivity index is 1.86. The van der Waals surface area contributed by atoms with Gasteiger partial charge in [-0.05, 0) is 24.3 Å². The highest BCUT2D eigenvalue weighted by molar-refractivity contribution is 8.00. The van der Waals surface area contributed by atoms with Gasteiger partial charge in [0.25, 0.3) is 0 Å². The summed E-state index contributed by atoms with van der Waals surface area (Å²) in [4.78, 5) is 13.3. The average molecular weight is 526 g/mol. The van der Waals surface area contributed by atoms with E-state index in [1.165, 1.54) is 28.6 Å². The van der Waals surface area contributed by atoms with Gasteiger partial charge in [-0.3, -0.25) is 4.79 Å². The zero-order chi connectivity index (χ0) is 25.0. The summed E-state index contributed by atoms with van der Waals surface area (Å²) in [7, 11) is -7.88. The first-order valence-electron chi connectivity index (χ1n) is 11.0. The number of amides is 1. The van der Waals surface area contributed by atoms with Crippen LogP contribution in [0.3, 0.4) is 0 Å². The van der Waals surface area contributed by atoms with Crippen molar-refractivity contribution in [3.63, 3.8) is 0 Å². The molecule has 0 bridgehead atoms. The first-order valence-corrected chi connectivity index (χ1v) is 14.8. The second-order valence-corrected chi connectivity index (χ2v) is 14.6. The topological polar surface area (TPSA) is 104 Å². The van der Waals surface area contributed by atoms with Crippen LogP contribution in [0, 0.1) is 0 Å². The number of thioether (sulfide) groups is 1. The van der Waals surface area contributed by atoms with Gasteiger partial charge in [-0.1, -0.05) is 57.2 Å². The minimum atomic E-state index is -4.00. The Kier molecular flexibility index (Phi) is 8.46. The summed E-state index contributed by atoms with van der Waals surface area (Å²) in [6.45, 7) is 6.12. The predicted molar refractivity (Wildman–Crippen MR) is 135 cm³/mol. The van der Waals surface area contributed by atoms with Crippen LogP contribution < -0.4 is 5.32 Å². The molecule has 1 heterocycles. The third-order valence-electron chi connectivity index (χ3n) is 5.26. The molecule has 2 aromatic rings. The van der Waals surface area contributed by atoms with E-state index in [4.69, 9.17) is 0 Å². The number of nitrogens with one attached hydrogen (secondary N) is 1. The van der Waals surface area contributed by atoms with Gasteiger partial charge in [-0.15, -0.1) is 0 Å². The van der Waals surface area contributed by atoms with Gasteiger partial charge in [0.15, 0.2) is 0 Å². The summed E-state index contributed by atoms with van der Waals surface area (Å²) in [6, 6.07) is 14.6. The van der Waals surface area contributed by atoms with Crippen molar-refractivity contribution >= 4 is 37.7 Å². The molecule has 0 unspecified atom stereocenters. The highest BCUT2D eigenvalue weighted by Gasteiger charge is 2.43. The van der Waals surface area contributed by atoms with Crippen molar-refractivity contribution in [3.8, 4) is 0 Å². The number of piperazine rings is 1. The second-order valence-electron chi connectivity index (χ2n) is 8.87. The van der Waals surface area contributed by atoms with Crippen molar-refractivity contribution in [1.82, 2.24) is 13.9 Å². The SMILES string of the molecule is CC(C)(C)SCCNC(=O)[C@@H]1CN(S(=O)(=O)c2ccccc2)CCN1S(=O)(=O)c1ccccc1. The normalized spacial score (nSPS) is 18.5. The smallest absolute Gasteiger partial charge is 0.243 e. The van der Waals surface area contributed by atoms with Crippen LogP contribution >= 0.6 is 11.8 Å². The van der Waals surface area contributed by atoms with Crippen LogP contribution in [0.5, 0.6) is 0 Å². The maximum atomic E-state index is 13.4. The summed E-state index contributed by atoms with van der Waals surface area (Å²) < 4.78 is 55.4. The lowest BCUT2D eigenvalue weighted by atomic mass is 10.2. The fourth-order valence-corrected chi connectivity index (χ4v) is 7.45. The van der Waals surface area contributed by atoms with Gasteiger partial charge in [0, 0.05) is 36.7 Å². The van der Waals surface area contributed by atoms with E-state index >= 15 is 0 Å². The van der Waals surface area contributed by atoms with Crippen molar-refractivity contribution < 1.29 is 21.6 Å². The molecule has 1 fully saturated rings. The third kappa shape index (κ3) is 6.39. The molecule has 1 aliphatic rings. The zero-order valence-corrected chi connectivity index (χ0v) is 22.0. The van der Waals surface area contributed by atoms with Gasteiger partial charge < -0.3 is 5.32 Å². The van der Waals surface area contributed by atoms with Crippen molar-refractivity contribution in [1.29, 1.82) is 0 Å². The molecular formula is C23H31N3O5S3. The lowest BCUT2D eigenvalue weighted by molar-refractivity contribution is -0.125. The molecule has 1 atom stereocenters. The Morgan fingerprint density at radius 2 is 1.44 bits per heavy atom. The van der Waals surface area contributed by atoms with Crippen LogP contribution in [0.25, 0.3) is 0 Å². The molecule has 186 valence electrons. The second kappa shape index (κ2) is 10.8. The van der Waals surface area contributed by atoms with Crippen LogP contribution in [-0.4, -0.2) is 74.1 Å². The van der Waals surface area contributed by atoms with Gasteiger partial charge >= 0.3 is 0 Å². The number of rotatable bonds is 8. The zero-order valence-electron chi connectivity index (χ0n) is 19.5. The number of hydrogen-bond acceptors (Lipinski definition) is 6. The monoisotopic (exact) mass is 525 g/mol. The van der Waals surface area contributed by atoms with Crippen LogP contribution in [0.15, 0.2) is 70.5 Å². The van der Waals surface area contributed by atoms with E-state index in [0.717, 1.165) is 4.31 Å². The Morgan fingerprint density at radius 3 is 1.97 bits per heavy atom. The molecule has 1 aliphatic heterocycles. The molecule has 8 nitrogen and oxygen atoms in total. The van der Waals surface area contributed by atoms with E-state index in [1.807, 2.05) is 0 Å². The molecule has 0 spiro atoms. The largest absolute Gasteiger partial charge is 0.354 e. The number of nitrogens with zero attached hydrogens (tertiary/aromatic N) is 2. The predicted octanol–water partition coefficient (Wildman–Crippen LogP) is 2.40. The minimum absolute atomic E-state index is 0.0266. The number of carbonyl (C=O) groups is 1. The quantitative estimate of drug-likeness (QED) is 0.531. The summed E-state index contributed by atoms with van der Waals surface area (Å²) >= 11 is 1.67. The fourth-order valence-electron chi connectivity index (χ4n) is 3.58. The van der Waals surface area contributed by atoms with Gasteiger partial charge in [0.2, 0.25) is 26.0 Å². The van der Waals surface area contributed by atoms with Crippen LogP contribution in [0.1, 0.15) is 20.8 Å². The van der Waals surface area contributed by atoms with Crippen molar-refractivity contribution in [2.45, 2.75) is 41.4 Å². The minimum Gasteiger partial charge on any atom is -0.354 e. The Morgan fingerprint density at radius 1 is 0.912 bits per heavy atom. The highest BCUT2D eigenvalue weighted by atomic mass is 32.2. The number of carbonyl (C=O) groups excluding carboxylic acids is 1. The first-order chi connectivity index (χ1) is 15.9. The molecule has 11 heteroatoms. The van der Waals surface area contributed by atoms with Gasteiger partial charge in [-0.25, -0.2) is 16.8 Å². The lowest BCUT2D eigenvalue weighted by Crippen LogP contribution is -2.61. The van der Waals surface area contributed by atoms with Crippen LogP contribution in [-0.2, 0) is 24.8 Å². The Hall–Kier alpha value is -1.92. The number of sulfonamides is 2. The molecule has 1 amide bonds. The molecule has 0 saturated carbocycles. The fraction of sp³-hybridized carbons (Fsp3) is 0.435. The molecule has 0 aromatic heterocycles. The van der Waals surface area contributed by atoms with Crippen LogP contribution in [0.4, 0.5) is 0 Å². The van der Waals surface area contributed by atoms with E-state index < -0.39 is 32.0 Å². The summed E-state index contributed by atoms with van der Waals surface area (Å²) in [5.41, 5.74) is 0. The molecule has 3 rings (SSSR count). The number of hydrogen-bond donors (Lipinski definition) is 1. The Bertz CT molecular complexity index is 1180. The van der Waals surface area contributed by atoms with Gasteiger partial charge in [0.05, 0.1) is 9.79 Å². The highest BCUT2D eigenvalue weighted by Crippen LogP contribution is 2.26. The van der Waals surface area contributed by atoms with Crippen molar-refractivity contribution in [3.05, 3.63) is 60.7 Å². The standard InChI is InChI=1S/C23H31N3O5S3/c1-23(2,3)32-17-14-24-22(27)21-18-25(33(28,29)19-10-6-4-7-11-19)15-16-26(21)34(30,31)20-12-8-5-9-13-20/h4-13,21H,14-18H2,1-3H3,(H,24,27)/t21-/m0/s1. The van der Waals surface area contributed by atoms with Crippen molar-refractivity contribution in [2.75, 3.05) is 31.9 Å². The van der Waals surface area contributed by atoms with Gasteiger partial charge in [0.1, 0.15) is 6.04 Å². The summed E-state index contributed by atoms with van der Waals surface area (Å²) in [5, 5.41) is 2.80. The van der Waals surface area contributed by atoms with E-state index in [1.54, 1.807) is 48.2 Å². The molecule has 0 radical (unpaired) electrons.